The number of hydrogen-bond acceptors (Lipinski definition) is 6. The molecule has 0 bridgehead atoms. The van der Waals surface area contributed by atoms with E-state index in [0.29, 0.717) is 16.9 Å². The fourth-order valence-corrected chi connectivity index (χ4v) is 3.05. The Morgan fingerprint density at radius 2 is 1.93 bits per heavy atom. The van der Waals surface area contributed by atoms with Crippen LogP contribution in [0.25, 0.3) is 5.70 Å². The Hall–Kier alpha value is -3.88. The molecule has 150 valence electrons. The van der Waals surface area contributed by atoms with E-state index in [1.807, 2.05) is 0 Å². The molecule has 0 spiro atoms. The molecule has 29 heavy (non-hydrogen) atoms. The molecule has 0 saturated carbocycles. The normalized spacial score (nSPS) is 15.9. The maximum Gasteiger partial charge on any atom is 0.338 e. The molecule has 9 heteroatoms. The molecular weight excluding hydrogens is 378 g/mol. The number of carbonyl (C=O) groups excluding carboxylic acids is 2. The number of urea groups is 1. The number of esters is 1. The minimum absolute atomic E-state index is 0.133. The predicted molar refractivity (Wildman–Crippen MR) is 104 cm³/mol. The van der Waals surface area contributed by atoms with Crippen molar-refractivity contribution in [3.8, 4) is 5.75 Å². The summed E-state index contributed by atoms with van der Waals surface area (Å²) in [5.74, 6) is -0.0233. The molecule has 2 N–H and O–H groups in total. The van der Waals surface area contributed by atoms with Gasteiger partial charge in [-0.1, -0.05) is 12.1 Å². The van der Waals surface area contributed by atoms with Crippen LogP contribution in [0.5, 0.6) is 5.75 Å². The lowest BCUT2D eigenvalue weighted by molar-refractivity contribution is -0.384. The molecule has 0 saturated heterocycles. The van der Waals surface area contributed by atoms with Gasteiger partial charge in [0.05, 0.1) is 36.0 Å². The minimum atomic E-state index is -0.917. The highest BCUT2D eigenvalue weighted by Crippen LogP contribution is 2.33. The standard InChI is InChI=1S/C20H19N3O6/c1-3-29-19(24)16-17(12-7-9-15(28-2)10-8-12)21-20(25)22-18(16)13-5-4-6-14(11-13)23(26)27/h4-11,18H,3H2,1-2H3,(H2,21,22,25)/t18-/m0/s1. The molecule has 9 nitrogen and oxygen atoms in total. The Kier molecular flexibility index (Phi) is 5.77. The summed E-state index contributed by atoms with van der Waals surface area (Å²) >= 11 is 0. The summed E-state index contributed by atoms with van der Waals surface area (Å²) in [5.41, 5.74) is 1.23. The lowest BCUT2D eigenvalue weighted by atomic mass is 9.92. The van der Waals surface area contributed by atoms with Crippen LogP contribution in [0, 0.1) is 10.1 Å². The summed E-state index contributed by atoms with van der Waals surface area (Å²) in [6.07, 6.45) is 0. The second-order valence-electron chi connectivity index (χ2n) is 6.12. The minimum Gasteiger partial charge on any atom is -0.497 e. The largest absolute Gasteiger partial charge is 0.497 e. The van der Waals surface area contributed by atoms with E-state index in [4.69, 9.17) is 9.47 Å². The molecule has 1 aliphatic rings. The SMILES string of the molecule is CCOC(=O)C1=C(c2ccc(OC)cc2)NC(=O)N[C@H]1c1cccc([N+](=O)[O-])c1. The second-order valence-corrected chi connectivity index (χ2v) is 6.12. The average Bonchev–Trinajstić information content (AvgIpc) is 2.73. The zero-order chi connectivity index (χ0) is 21.0. The van der Waals surface area contributed by atoms with E-state index in [0.717, 1.165) is 0 Å². The van der Waals surface area contributed by atoms with Crippen molar-refractivity contribution in [2.75, 3.05) is 13.7 Å². The number of nitrogens with one attached hydrogen (secondary N) is 2. The van der Waals surface area contributed by atoms with Crippen LogP contribution in [-0.4, -0.2) is 30.6 Å². The van der Waals surface area contributed by atoms with Gasteiger partial charge in [0.15, 0.2) is 0 Å². The zero-order valence-corrected chi connectivity index (χ0v) is 15.8. The highest BCUT2D eigenvalue weighted by molar-refractivity contribution is 6.04. The molecule has 2 aromatic rings. The van der Waals surface area contributed by atoms with Gasteiger partial charge in [0.2, 0.25) is 0 Å². The lowest BCUT2D eigenvalue weighted by Gasteiger charge is -2.29. The first-order valence-electron chi connectivity index (χ1n) is 8.82. The number of methoxy groups -OCH3 is 1. The number of nitro benzene ring substituents is 1. The molecule has 0 unspecified atom stereocenters. The van der Waals surface area contributed by atoms with Crippen molar-refractivity contribution >= 4 is 23.4 Å². The fourth-order valence-electron chi connectivity index (χ4n) is 3.05. The summed E-state index contributed by atoms with van der Waals surface area (Å²) in [7, 11) is 1.53. The van der Waals surface area contributed by atoms with Crippen molar-refractivity contribution in [3.05, 3.63) is 75.3 Å². The predicted octanol–water partition coefficient (Wildman–Crippen LogP) is 2.93. The molecule has 1 aliphatic heterocycles. The number of rotatable bonds is 6. The summed E-state index contributed by atoms with van der Waals surface area (Å²) in [6, 6.07) is 11.1. The summed E-state index contributed by atoms with van der Waals surface area (Å²) in [5, 5.41) is 16.5. The smallest absolute Gasteiger partial charge is 0.338 e. The van der Waals surface area contributed by atoms with Crippen LogP contribution < -0.4 is 15.4 Å². The Bertz CT molecular complexity index is 984. The van der Waals surface area contributed by atoms with Gasteiger partial charge < -0.3 is 20.1 Å². The van der Waals surface area contributed by atoms with Crippen molar-refractivity contribution in [1.82, 2.24) is 10.6 Å². The molecule has 0 fully saturated rings. The molecule has 2 aromatic carbocycles. The van der Waals surface area contributed by atoms with Gasteiger partial charge in [-0.05, 0) is 42.3 Å². The molecule has 0 radical (unpaired) electrons. The quantitative estimate of drug-likeness (QED) is 0.439. The third-order valence-corrected chi connectivity index (χ3v) is 4.36. The number of non-ortho nitro benzene ring substituents is 1. The van der Waals surface area contributed by atoms with Crippen molar-refractivity contribution in [2.24, 2.45) is 0 Å². The van der Waals surface area contributed by atoms with Gasteiger partial charge in [-0.2, -0.15) is 0 Å². The van der Waals surface area contributed by atoms with Crippen molar-refractivity contribution in [2.45, 2.75) is 13.0 Å². The van der Waals surface area contributed by atoms with E-state index in [2.05, 4.69) is 10.6 Å². The number of nitro groups is 1. The van der Waals surface area contributed by atoms with E-state index < -0.39 is 23.0 Å². The first kappa shape index (κ1) is 19.9. The number of nitrogens with zero attached hydrogens (tertiary/aromatic N) is 1. The van der Waals surface area contributed by atoms with Gasteiger partial charge in [-0.3, -0.25) is 10.1 Å². The van der Waals surface area contributed by atoms with Gasteiger partial charge in [0.25, 0.3) is 5.69 Å². The van der Waals surface area contributed by atoms with Crippen LogP contribution in [0.1, 0.15) is 24.1 Å². The fraction of sp³-hybridized carbons (Fsp3) is 0.200. The monoisotopic (exact) mass is 397 g/mol. The van der Waals surface area contributed by atoms with Crippen LogP contribution in [0.3, 0.4) is 0 Å². The van der Waals surface area contributed by atoms with Gasteiger partial charge in [0, 0.05) is 12.1 Å². The Labute approximate surface area is 166 Å². The number of hydrogen-bond donors (Lipinski definition) is 2. The van der Waals surface area contributed by atoms with E-state index in [9.17, 15) is 19.7 Å². The lowest BCUT2D eigenvalue weighted by Crippen LogP contribution is -2.45. The highest BCUT2D eigenvalue weighted by Gasteiger charge is 2.35. The van der Waals surface area contributed by atoms with Crippen LogP contribution in [0.2, 0.25) is 0 Å². The van der Waals surface area contributed by atoms with Gasteiger partial charge in [-0.25, -0.2) is 9.59 Å². The van der Waals surface area contributed by atoms with Gasteiger partial charge >= 0.3 is 12.0 Å². The van der Waals surface area contributed by atoms with Crippen LogP contribution in [0.15, 0.2) is 54.1 Å². The number of benzene rings is 2. The molecular formula is C20H19N3O6. The molecule has 1 heterocycles. The maximum absolute atomic E-state index is 12.8. The molecule has 0 aliphatic carbocycles. The molecule has 1 atom stereocenters. The topological polar surface area (TPSA) is 120 Å². The van der Waals surface area contributed by atoms with E-state index in [1.165, 1.54) is 25.3 Å². The second kappa shape index (κ2) is 8.42. The highest BCUT2D eigenvalue weighted by atomic mass is 16.6. The molecule has 0 aromatic heterocycles. The third-order valence-electron chi connectivity index (χ3n) is 4.36. The Morgan fingerprint density at radius 1 is 1.21 bits per heavy atom. The van der Waals surface area contributed by atoms with Gasteiger partial charge in [-0.15, -0.1) is 0 Å². The van der Waals surface area contributed by atoms with Crippen molar-refractivity contribution in [3.63, 3.8) is 0 Å². The average molecular weight is 397 g/mol. The third kappa shape index (κ3) is 4.18. The first-order valence-corrected chi connectivity index (χ1v) is 8.82. The van der Waals surface area contributed by atoms with Crippen LogP contribution >= 0.6 is 0 Å². The van der Waals surface area contributed by atoms with Crippen LogP contribution in [0.4, 0.5) is 10.5 Å². The number of carbonyl (C=O) groups is 2. The van der Waals surface area contributed by atoms with Crippen molar-refractivity contribution < 1.29 is 24.0 Å². The molecule has 3 rings (SSSR count). The zero-order valence-electron chi connectivity index (χ0n) is 15.8. The summed E-state index contributed by atoms with van der Waals surface area (Å²) in [6.45, 7) is 1.80. The van der Waals surface area contributed by atoms with Gasteiger partial charge in [0.1, 0.15) is 5.75 Å². The van der Waals surface area contributed by atoms with Crippen LogP contribution in [-0.2, 0) is 9.53 Å². The summed E-state index contributed by atoms with van der Waals surface area (Å²) in [4.78, 5) is 35.7. The maximum atomic E-state index is 12.8. The number of amides is 2. The van der Waals surface area contributed by atoms with Crippen molar-refractivity contribution in [1.29, 1.82) is 0 Å². The van der Waals surface area contributed by atoms with E-state index in [-0.39, 0.29) is 23.6 Å². The van der Waals surface area contributed by atoms with E-state index >= 15 is 0 Å². The Balaban J connectivity index is 2.17. The number of ether oxygens (including phenoxy) is 2. The first-order chi connectivity index (χ1) is 13.9. The molecule has 2 amide bonds. The van der Waals surface area contributed by atoms with E-state index in [1.54, 1.807) is 37.3 Å². The Morgan fingerprint density at radius 3 is 2.55 bits per heavy atom. The summed E-state index contributed by atoms with van der Waals surface area (Å²) < 4.78 is 10.3.